The van der Waals surface area contributed by atoms with E-state index in [-0.39, 0.29) is 16.9 Å². The number of fused-ring (bicyclic) bond motifs is 1. The van der Waals surface area contributed by atoms with Crippen molar-refractivity contribution in [1.29, 1.82) is 0 Å². The molecule has 0 saturated heterocycles. The van der Waals surface area contributed by atoms with Gasteiger partial charge in [-0.1, -0.05) is 39.0 Å². The number of hydrogen-bond donors (Lipinski definition) is 0. The first-order chi connectivity index (χ1) is 10.8. The minimum atomic E-state index is -0.295. The molecule has 118 valence electrons. The van der Waals surface area contributed by atoms with Crippen LogP contribution >= 0.6 is 0 Å². The quantitative estimate of drug-likeness (QED) is 0.626. The van der Waals surface area contributed by atoms with E-state index >= 15 is 0 Å². The number of Topliss-reactive ketones (excluding diaryl/α,β-unsaturated/α-hetero) is 1. The highest BCUT2D eigenvalue weighted by Gasteiger charge is 2.39. The van der Waals surface area contributed by atoms with Crippen LogP contribution in [0.25, 0.3) is 0 Å². The summed E-state index contributed by atoms with van der Waals surface area (Å²) in [5, 5.41) is 12.6. The zero-order valence-electron chi connectivity index (χ0n) is 13.7. The van der Waals surface area contributed by atoms with Crippen molar-refractivity contribution in [2.24, 2.45) is 0 Å². The van der Waals surface area contributed by atoms with Gasteiger partial charge in [0, 0.05) is 6.07 Å². The lowest BCUT2D eigenvalue weighted by Crippen LogP contribution is -2.18. The minimum absolute atomic E-state index is 0.0201. The second-order valence-corrected chi connectivity index (χ2v) is 6.65. The number of rotatable bonds is 2. The molecule has 4 nitrogen and oxygen atoms in total. The molecule has 1 aliphatic heterocycles. The zero-order chi connectivity index (χ0) is 16.8. The third-order valence-corrected chi connectivity index (χ3v) is 4.11. The number of hydrogen-bond acceptors (Lipinski definition) is 3. The van der Waals surface area contributed by atoms with E-state index < -0.39 is 0 Å². The third kappa shape index (κ3) is 2.40. The molecule has 0 saturated carbocycles. The van der Waals surface area contributed by atoms with Crippen molar-refractivity contribution in [1.82, 2.24) is 0 Å². The van der Waals surface area contributed by atoms with E-state index in [1.54, 1.807) is 18.2 Å². The Morgan fingerprint density at radius 2 is 1.70 bits per heavy atom. The number of methoxy groups -OCH3 is 1. The van der Waals surface area contributed by atoms with E-state index in [4.69, 9.17) is 4.74 Å². The number of nitrogens with zero attached hydrogens (tertiary/aromatic N) is 1. The van der Waals surface area contributed by atoms with Crippen molar-refractivity contribution in [2.75, 3.05) is 7.11 Å². The van der Waals surface area contributed by atoms with Gasteiger partial charge in [0.25, 0.3) is 11.5 Å². The molecular formula is C19H19NO3. The Bertz CT molecular complexity index is 811. The van der Waals surface area contributed by atoms with E-state index in [1.807, 2.05) is 24.3 Å². The van der Waals surface area contributed by atoms with E-state index in [0.29, 0.717) is 27.3 Å². The maximum Gasteiger partial charge on any atom is 0.273 e. The Morgan fingerprint density at radius 3 is 2.26 bits per heavy atom. The second kappa shape index (κ2) is 5.23. The predicted molar refractivity (Wildman–Crippen MR) is 89.9 cm³/mol. The molecule has 0 aromatic heterocycles. The number of ether oxygens (including phenoxy) is 1. The Hall–Kier alpha value is -2.62. The van der Waals surface area contributed by atoms with Gasteiger partial charge in [0.1, 0.15) is 11.3 Å². The van der Waals surface area contributed by atoms with Crippen LogP contribution in [0.4, 0.5) is 5.69 Å². The van der Waals surface area contributed by atoms with Crippen LogP contribution in [0.2, 0.25) is 0 Å². The molecule has 0 unspecified atom stereocenters. The van der Waals surface area contributed by atoms with Gasteiger partial charge in [-0.05, 0) is 29.2 Å². The van der Waals surface area contributed by atoms with Gasteiger partial charge in [-0.25, -0.2) is 0 Å². The average Bonchev–Trinajstić information content (AvgIpc) is 2.78. The average molecular weight is 309 g/mol. The van der Waals surface area contributed by atoms with Crippen molar-refractivity contribution in [2.45, 2.75) is 26.2 Å². The van der Waals surface area contributed by atoms with Crippen molar-refractivity contribution >= 4 is 17.2 Å². The summed E-state index contributed by atoms with van der Waals surface area (Å²) in [5.41, 5.74) is 2.61. The summed E-state index contributed by atoms with van der Waals surface area (Å²) in [6.45, 7) is 6.36. The number of carbonyl (C=O) groups excluding carboxylic acids is 1. The second-order valence-electron chi connectivity index (χ2n) is 6.65. The molecule has 4 heteroatoms. The lowest BCUT2D eigenvalue weighted by atomic mass is 9.86. The first-order valence-corrected chi connectivity index (χ1v) is 7.51. The lowest BCUT2D eigenvalue weighted by molar-refractivity contribution is -0.355. The highest BCUT2D eigenvalue weighted by Crippen LogP contribution is 2.35. The molecule has 0 fully saturated rings. The lowest BCUT2D eigenvalue weighted by Gasteiger charge is -2.18. The van der Waals surface area contributed by atoms with Crippen molar-refractivity contribution in [3.8, 4) is 5.75 Å². The number of benzene rings is 2. The van der Waals surface area contributed by atoms with Crippen molar-refractivity contribution in [3.05, 3.63) is 64.4 Å². The van der Waals surface area contributed by atoms with Crippen LogP contribution < -0.4 is 4.74 Å². The minimum Gasteiger partial charge on any atom is -0.618 e. The van der Waals surface area contributed by atoms with E-state index in [0.717, 1.165) is 5.56 Å². The molecule has 1 heterocycles. The maximum absolute atomic E-state index is 12.7. The molecule has 0 radical (unpaired) electrons. The normalized spacial score (nSPS) is 14.2. The fourth-order valence-electron chi connectivity index (χ4n) is 2.79. The summed E-state index contributed by atoms with van der Waals surface area (Å²) < 4.78 is 5.92. The first kappa shape index (κ1) is 15.3. The van der Waals surface area contributed by atoms with Crippen LogP contribution in [-0.4, -0.2) is 23.3 Å². The summed E-state index contributed by atoms with van der Waals surface area (Å²) in [5.74, 6) is 0.130. The van der Waals surface area contributed by atoms with Crippen LogP contribution in [0.3, 0.4) is 0 Å². The molecule has 0 N–H and O–H groups in total. The van der Waals surface area contributed by atoms with Crippen LogP contribution in [0.1, 0.15) is 42.3 Å². The van der Waals surface area contributed by atoms with Gasteiger partial charge in [0.15, 0.2) is 0 Å². The zero-order valence-corrected chi connectivity index (χ0v) is 13.7. The summed E-state index contributed by atoms with van der Waals surface area (Å²) in [4.78, 5) is 12.7. The summed E-state index contributed by atoms with van der Waals surface area (Å²) in [6.07, 6.45) is 0. The van der Waals surface area contributed by atoms with Gasteiger partial charge < -0.3 is 9.94 Å². The fourth-order valence-corrected chi connectivity index (χ4v) is 2.79. The summed E-state index contributed by atoms with van der Waals surface area (Å²) >= 11 is 0. The van der Waals surface area contributed by atoms with E-state index in [1.165, 1.54) is 7.11 Å². The highest BCUT2D eigenvalue weighted by atomic mass is 16.5. The Morgan fingerprint density at radius 1 is 1.04 bits per heavy atom. The Kier molecular flexibility index (Phi) is 3.48. The molecule has 0 amide bonds. The predicted octanol–water partition coefficient (Wildman–Crippen LogP) is 3.82. The maximum atomic E-state index is 12.7. The highest BCUT2D eigenvalue weighted by molar-refractivity contribution is 6.52. The smallest absolute Gasteiger partial charge is 0.273 e. The largest absolute Gasteiger partial charge is 0.618 e. The molecule has 3 rings (SSSR count). The van der Waals surface area contributed by atoms with Crippen LogP contribution in [0, 0.1) is 5.21 Å². The van der Waals surface area contributed by atoms with Gasteiger partial charge in [-0.15, -0.1) is 0 Å². The summed E-state index contributed by atoms with van der Waals surface area (Å²) in [7, 11) is 1.49. The molecule has 0 bridgehead atoms. The van der Waals surface area contributed by atoms with Gasteiger partial charge in [0.2, 0.25) is 5.69 Å². The standard InChI is InChI=1S/C19H19NO3/c1-19(2,3)13-10-8-12(9-11-13)17-18(21)16-14(20(17)22)6-5-7-15(16)23-4/h5-11H,1-4H3. The molecule has 0 atom stereocenters. The molecule has 1 aliphatic rings. The third-order valence-electron chi connectivity index (χ3n) is 4.11. The molecular weight excluding hydrogens is 290 g/mol. The molecule has 2 aromatic carbocycles. The van der Waals surface area contributed by atoms with Crippen LogP contribution in [0.5, 0.6) is 5.75 Å². The van der Waals surface area contributed by atoms with Gasteiger partial charge in [-0.3, -0.25) is 4.79 Å². The van der Waals surface area contributed by atoms with Crippen molar-refractivity contribution < 1.29 is 14.3 Å². The Labute approximate surface area is 135 Å². The molecule has 23 heavy (non-hydrogen) atoms. The van der Waals surface area contributed by atoms with Crippen LogP contribution in [0.15, 0.2) is 42.5 Å². The van der Waals surface area contributed by atoms with Gasteiger partial charge >= 0.3 is 0 Å². The first-order valence-electron chi connectivity index (χ1n) is 7.51. The van der Waals surface area contributed by atoms with E-state index in [2.05, 4.69) is 20.8 Å². The SMILES string of the molecule is COc1cccc2c1C(=O)C(c1ccc(C(C)(C)C)cc1)=[N+]2[O-]. The van der Waals surface area contributed by atoms with Crippen molar-refractivity contribution in [3.63, 3.8) is 0 Å². The van der Waals surface area contributed by atoms with Gasteiger partial charge in [-0.2, -0.15) is 4.74 Å². The fraction of sp³-hybridized carbons (Fsp3) is 0.263. The number of ketones is 1. The topological polar surface area (TPSA) is 52.4 Å². The molecule has 0 spiro atoms. The van der Waals surface area contributed by atoms with E-state index in [9.17, 15) is 10.0 Å². The summed E-state index contributed by atoms with van der Waals surface area (Å²) in [6, 6.07) is 12.6. The molecule has 2 aromatic rings. The number of carbonyl (C=O) groups is 1. The monoisotopic (exact) mass is 309 g/mol. The molecule has 0 aliphatic carbocycles. The van der Waals surface area contributed by atoms with Gasteiger partial charge in [0.05, 0.1) is 12.7 Å². The Balaban J connectivity index is 2.08. The van der Waals surface area contributed by atoms with Crippen LogP contribution in [-0.2, 0) is 5.41 Å².